The Bertz CT molecular complexity index is 1180. The van der Waals surface area contributed by atoms with Crippen molar-refractivity contribution in [2.24, 2.45) is 0 Å². The Morgan fingerprint density at radius 2 is 1.83 bits per heavy atom. The molecule has 0 fully saturated rings. The van der Waals surface area contributed by atoms with E-state index >= 15 is 0 Å². The molecule has 0 spiro atoms. The van der Waals surface area contributed by atoms with Crippen LogP contribution in [0.25, 0.3) is 22.4 Å². The molecule has 0 saturated heterocycles. The van der Waals surface area contributed by atoms with Crippen molar-refractivity contribution >= 4 is 22.5 Å². The van der Waals surface area contributed by atoms with Crippen molar-refractivity contribution in [1.82, 2.24) is 4.98 Å². The summed E-state index contributed by atoms with van der Waals surface area (Å²) in [5.74, 6) is 1.49. The molecule has 1 N–H and O–H groups in total. The number of hydrogen-bond donors (Lipinski definition) is 1. The van der Waals surface area contributed by atoms with E-state index in [4.69, 9.17) is 13.9 Å². The number of aryl methyl sites for hydroxylation is 1. The lowest BCUT2D eigenvalue weighted by molar-refractivity contribution is 0.102. The number of ether oxygens (including phenoxy) is 2. The van der Waals surface area contributed by atoms with E-state index in [0.717, 1.165) is 16.5 Å². The van der Waals surface area contributed by atoms with Gasteiger partial charge in [0.2, 0.25) is 0 Å². The molecule has 0 unspecified atom stereocenters. The highest BCUT2D eigenvalue weighted by molar-refractivity contribution is 6.13. The second-order valence-electron chi connectivity index (χ2n) is 6.58. The zero-order valence-corrected chi connectivity index (χ0v) is 16.4. The van der Waals surface area contributed by atoms with Crippen molar-refractivity contribution in [2.75, 3.05) is 19.5 Å². The SMILES string of the molecule is COc1ccc(NC(=O)c2cc(-c3ccco3)nc3ccc(C)cc23)cc1OC. The van der Waals surface area contributed by atoms with Crippen LogP contribution in [0.1, 0.15) is 15.9 Å². The van der Waals surface area contributed by atoms with Crippen LogP contribution in [0.4, 0.5) is 5.69 Å². The fraction of sp³-hybridized carbons (Fsp3) is 0.130. The van der Waals surface area contributed by atoms with Crippen molar-refractivity contribution in [3.05, 3.63) is 72.0 Å². The summed E-state index contributed by atoms with van der Waals surface area (Å²) in [7, 11) is 3.12. The average molecular weight is 388 g/mol. The summed E-state index contributed by atoms with van der Waals surface area (Å²) in [6, 6.07) is 16.4. The maximum Gasteiger partial charge on any atom is 0.256 e. The molecule has 4 aromatic rings. The maximum atomic E-state index is 13.2. The van der Waals surface area contributed by atoms with E-state index in [0.29, 0.717) is 34.2 Å². The molecule has 29 heavy (non-hydrogen) atoms. The molecule has 146 valence electrons. The second-order valence-corrected chi connectivity index (χ2v) is 6.58. The molecule has 2 heterocycles. The molecule has 2 aromatic heterocycles. The van der Waals surface area contributed by atoms with Gasteiger partial charge < -0.3 is 19.2 Å². The first-order valence-corrected chi connectivity index (χ1v) is 9.07. The summed E-state index contributed by atoms with van der Waals surface area (Å²) in [6.07, 6.45) is 1.58. The first-order valence-electron chi connectivity index (χ1n) is 9.07. The molecule has 1 amide bonds. The molecule has 0 aliphatic carbocycles. The van der Waals surface area contributed by atoms with Gasteiger partial charge >= 0.3 is 0 Å². The van der Waals surface area contributed by atoms with Gasteiger partial charge in [-0.1, -0.05) is 11.6 Å². The van der Waals surface area contributed by atoms with Crippen LogP contribution in [0, 0.1) is 6.92 Å². The van der Waals surface area contributed by atoms with Crippen molar-refractivity contribution in [2.45, 2.75) is 6.92 Å². The fourth-order valence-electron chi connectivity index (χ4n) is 3.19. The Balaban J connectivity index is 1.77. The maximum absolute atomic E-state index is 13.2. The van der Waals surface area contributed by atoms with Gasteiger partial charge in [0.25, 0.3) is 5.91 Å². The molecule has 0 aliphatic heterocycles. The third kappa shape index (κ3) is 3.65. The molecule has 4 rings (SSSR count). The number of pyridine rings is 1. The van der Waals surface area contributed by atoms with E-state index in [1.54, 1.807) is 50.8 Å². The van der Waals surface area contributed by atoms with Gasteiger partial charge in [0, 0.05) is 17.1 Å². The summed E-state index contributed by atoms with van der Waals surface area (Å²) in [4.78, 5) is 17.8. The van der Waals surface area contributed by atoms with E-state index in [-0.39, 0.29) is 5.91 Å². The van der Waals surface area contributed by atoms with Gasteiger partial charge in [-0.2, -0.15) is 0 Å². The minimum atomic E-state index is -0.247. The molecule has 0 aliphatic rings. The monoisotopic (exact) mass is 388 g/mol. The van der Waals surface area contributed by atoms with E-state index in [9.17, 15) is 4.79 Å². The predicted molar refractivity (Wildman–Crippen MR) is 112 cm³/mol. The van der Waals surface area contributed by atoms with Crippen molar-refractivity contribution in [1.29, 1.82) is 0 Å². The molecule has 0 bridgehead atoms. The van der Waals surface area contributed by atoms with Crippen LogP contribution < -0.4 is 14.8 Å². The van der Waals surface area contributed by atoms with Crippen molar-refractivity contribution < 1.29 is 18.7 Å². The number of nitrogens with one attached hydrogen (secondary N) is 1. The number of anilines is 1. The highest BCUT2D eigenvalue weighted by Gasteiger charge is 2.16. The smallest absolute Gasteiger partial charge is 0.256 e. The molecule has 2 aromatic carbocycles. The number of rotatable bonds is 5. The number of hydrogen-bond acceptors (Lipinski definition) is 5. The zero-order valence-electron chi connectivity index (χ0n) is 16.4. The van der Waals surface area contributed by atoms with Gasteiger partial charge in [-0.15, -0.1) is 0 Å². The summed E-state index contributed by atoms with van der Waals surface area (Å²) in [6.45, 7) is 1.98. The van der Waals surface area contributed by atoms with Crippen LogP contribution >= 0.6 is 0 Å². The van der Waals surface area contributed by atoms with Crippen LogP contribution in [0.15, 0.2) is 65.3 Å². The Morgan fingerprint density at radius 3 is 2.55 bits per heavy atom. The number of nitrogens with zero attached hydrogens (tertiary/aromatic N) is 1. The van der Waals surface area contributed by atoms with E-state index in [2.05, 4.69) is 10.3 Å². The quantitative estimate of drug-likeness (QED) is 0.516. The lowest BCUT2D eigenvalue weighted by atomic mass is 10.0. The predicted octanol–water partition coefficient (Wildman–Crippen LogP) is 5.07. The number of carbonyl (C=O) groups is 1. The molecular weight excluding hydrogens is 368 g/mol. The molecule has 6 nitrogen and oxygen atoms in total. The number of benzene rings is 2. The first kappa shape index (κ1) is 18.6. The van der Waals surface area contributed by atoms with Gasteiger partial charge in [0.1, 0.15) is 5.69 Å². The number of methoxy groups -OCH3 is 2. The van der Waals surface area contributed by atoms with E-state index < -0.39 is 0 Å². The van der Waals surface area contributed by atoms with Crippen LogP contribution in [0.5, 0.6) is 11.5 Å². The van der Waals surface area contributed by atoms with Gasteiger partial charge in [-0.05, 0) is 49.4 Å². The summed E-state index contributed by atoms with van der Waals surface area (Å²) in [5.41, 5.74) is 3.49. The normalized spacial score (nSPS) is 10.7. The average Bonchev–Trinajstić information content (AvgIpc) is 3.27. The van der Waals surface area contributed by atoms with E-state index in [1.807, 2.05) is 31.2 Å². The summed E-state index contributed by atoms with van der Waals surface area (Å²) < 4.78 is 16.0. The zero-order chi connectivity index (χ0) is 20.4. The highest BCUT2D eigenvalue weighted by Crippen LogP contribution is 2.31. The fourth-order valence-corrected chi connectivity index (χ4v) is 3.19. The third-order valence-corrected chi connectivity index (χ3v) is 4.62. The van der Waals surface area contributed by atoms with Gasteiger partial charge in [-0.25, -0.2) is 4.98 Å². The highest BCUT2D eigenvalue weighted by atomic mass is 16.5. The van der Waals surface area contributed by atoms with Gasteiger partial charge in [0.05, 0.1) is 31.6 Å². The number of amides is 1. The molecular formula is C23H20N2O4. The molecule has 6 heteroatoms. The number of furan rings is 1. The number of aromatic nitrogens is 1. The topological polar surface area (TPSA) is 73.6 Å². The third-order valence-electron chi connectivity index (χ3n) is 4.62. The van der Waals surface area contributed by atoms with Crippen LogP contribution in [0.3, 0.4) is 0 Å². The van der Waals surface area contributed by atoms with Crippen LogP contribution in [0.2, 0.25) is 0 Å². The van der Waals surface area contributed by atoms with Crippen LogP contribution in [-0.4, -0.2) is 25.1 Å². The first-order chi connectivity index (χ1) is 14.1. The largest absolute Gasteiger partial charge is 0.493 e. The van der Waals surface area contributed by atoms with Crippen molar-refractivity contribution in [3.8, 4) is 23.0 Å². The van der Waals surface area contributed by atoms with Crippen molar-refractivity contribution in [3.63, 3.8) is 0 Å². The number of carbonyl (C=O) groups excluding carboxylic acids is 1. The lowest BCUT2D eigenvalue weighted by Gasteiger charge is -2.12. The lowest BCUT2D eigenvalue weighted by Crippen LogP contribution is -2.13. The Hall–Kier alpha value is -3.80. The minimum Gasteiger partial charge on any atom is -0.493 e. The number of fused-ring (bicyclic) bond motifs is 1. The van der Waals surface area contributed by atoms with Gasteiger partial charge in [0.15, 0.2) is 17.3 Å². The minimum absolute atomic E-state index is 0.247. The van der Waals surface area contributed by atoms with E-state index in [1.165, 1.54) is 0 Å². The Labute approximate surface area is 168 Å². The van der Waals surface area contributed by atoms with Crippen LogP contribution in [-0.2, 0) is 0 Å². The van der Waals surface area contributed by atoms with Gasteiger partial charge in [-0.3, -0.25) is 4.79 Å². The molecule has 0 atom stereocenters. The summed E-state index contributed by atoms with van der Waals surface area (Å²) in [5, 5.41) is 3.71. The molecule has 0 saturated carbocycles. The Kier molecular flexibility index (Phi) is 4.91. The second kappa shape index (κ2) is 7.67. The molecule has 0 radical (unpaired) electrons. The summed E-state index contributed by atoms with van der Waals surface area (Å²) >= 11 is 0. The standard InChI is InChI=1S/C23H20N2O4/c1-14-6-8-18-16(11-14)17(13-19(25-18)20-5-4-10-29-20)23(26)24-15-7-9-21(27-2)22(12-15)28-3/h4-13H,1-3H3,(H,24,26). The Morgan fingerprint density at radius 1 is 1.00 bits per heavy atom.